The summed E-state index contributed by atoms with van der Waals surface area (Å²) < 4.78 is 6.77. The molecule has 2 heterocycles. The number of benzene rings is 2. The maximum absolute atomic E-state index is 12.5. The van der Waals surface area contributed by atoms with E-state index in [4.69, 9.17) is 4.74 Å². The lowest BCUT2D eigenvalue weighted by molar-refractivity contribution is -0.121. The van der Waals surface area contributed by atoms with Gasteiger partial charge in [0, 0.05) is 23.8 Å². The molecular weight excluding hydrogens is 462 g/mol. The number of fused-ring (bicyclic) bond motifs is 1. The van der Waals surface area contributed by atoms with E-state index in [0.29, 0.717) is 16.9 Å². The third-order valence-corrected chi connectivity index (χ3v) is 5.68. The number of nitriles is 1. The maximum Gasteiger partial charge on any atom is 0.298 e. The molecule has 2 N–H and O–H groups in total. The van der Waals surface area contributed by atoms with Crippen LogP contribution in [0.5, 0.6) is 5.75 Å². The Labute approximate surface area is 206 Å². The predicted molar refractivity (Wildman–Crippen MR) is 131 cm³/mol. The summed E-state index contributed by atoms with van der Waals surface area (Å²) in [6, 6.07) is 12.6. The van der Waals surface area contributed by atoms with Crippen molar-refractivity contribution in [2.24, 2.45) is 10.2 Å². The standard InChI is InChI=1S/C25H23N7O4/c1-4-19(34)28-18-10-17(22-21(23(18)36-14-33)25(2,3)11-20(35)29-22)30-31-24-15(12-26)13-27-32(24)16-8-6-5-7-9-16/h5-10,13-14H,4,11H2,1-3H3,(H,28,34)(H,29,35). The van der Waals surface area contributed by atoms with Crippen LogP contribution in [0.4, 0.5) is 22.9 Å². The molecule has 1 aliphatic heterocycles. The Morgan fingerprint density at radius 3 is 2.75 bits per heavy atom. The first kappa shape index (κ1) is 24.3. The first-order valence-corrected chi connectivity index (χ1v) is 11.2. The number of nitrogens with one attached hydrogen (secondary N) is 2. The summed E-state index contributed by atoms with van der Waals surface area (Å²) in [6.45, 7) is 5.61. The highest BCUT2D eigenvalue weighted by atomic mass is 16.5. The monoisotopic (exact) mass is 485 g/mol. The molecule has 11 nitrogen and oxygen atoms in total. The Morgan fingerprint density at radius 2 is 2.08 bits per heavy atom. The number of carbonyl (C=O) groups excluding carboxylic acids is 3. The zero-order valence-corrected chi connectivity index (χ0v) is 19.9. The lowest BCUT2D eigenvalue weighted by Gasteiger charge is -2.34. The third kappa shape index (κ3) is 4.56. The Bertz CT molecular complexity index is 1420. The van der Waals surface area contributed by atoms with Gasteiger partial charge in [-0.2, -0.15) is 10.4 Å². The highest BCUT2D eigenvalue weighted by molar-refractivity contribution is 6.03. The number of aromatic nitrogens is 2. The average Bonchev–Trinajstić information content (AvgIpc) is 3.27. The van der Waals surface area contributed by atoms with Gasteiger partial charge in [-0.15, -0.1) is 10.2 Å². The van der Waals surface area contributed by atoms with Crippen molar-refractivity contribution in [3.05, 3.63) is 53.7 Å². The molecule has 4 rings (SSSR count). The summed E-state index contributed by atoms with van der Waals surface area (Å²) in [6.07, 6.45) is 1.70. The summed E-state index contributed by atoms with van der Waals surface area (Å²) >= 11 is 0. The van der Waals surface area contributed by atoms with Crippen molar-refractivity contribution in [1.82, 2.24) is 9.78 Å². The van der Waals surface area contributed by atoms with Gasteiger partial charge in [0.15, 0.2) is 11.6 Å². The number of ether oxygens (including phenoxy) is 1. The molecule has 1 aliphatic rings. The lowest BCUT2D eigenvalue weighted by Crippen LogP contribution is -2.33. The van der Waals surface area contributed by atoms with E-state index >= 15 is 0 Å². The van der Waals surface area contributed by atoms with E-state index in [0.717, 1.165) is 0 Å². The van der Waals surface area contributed by atoms with Crippen LogP contribution in [0.2, 0.25) is 0 Å². The fraction of sp³-hybridized carbons (Fsp3) is 0.240. The summed E-state index contributed by atoms with van der Waals surface area (Å²) in [4.78, 5) is 36.1. The van der Waals surface area contributed by atoms with Crippen LogP contribution < -0.4 is 15.4 Å². The van der Waals surface area contributed by atoms with Crippen LogP contribution in [0, 0.1) is 11.3 Å². The molecule has 0 aliphatic carbocycles. The highest BCUT2D eigenvalue weighted by Gasteiger charge is 2.38. The van der Waals surface area contributed by atoms with Gasteiger partial charge >= 0.3 is 0 Å². The van der Waals surface area contributed by atoms with Gasteiger partial charge in [0.25, 0.3) is 6.47 Å². The fourth-order valence-electron chi connectivity index (χ4n) is 4.05. The van der Waals surface area contributed by atoms with E-state index < -0.39 is 5.41 Å². The summed E-state index contributed by atoms with van der Waals surface area (Å²) in [7, 11) is 0. The molecule has 0 atom stereocenters. The largest absolute Gasteiger partial charge is 0.426 e. The van der Waals surface area contributed by atoms with Gasteiger partial charge in [0.05, 0.1) is 23.3 Å². The van der Waals surface area contributed by atoms with Gasteiger partial charge in [-0.05, 0) is 18.2 Å². The third-order valence-electron chi connectivity index (χ3n) is 5.68. The van der Waals surface area contributed by atoms with Crippen LogP contribution in [0.1, 0.15) is 44.7 Å². The number of hydrogen-bond acceptors (Lipinski definition) is 8. The van der Waals surface area contributed by atoms with Crippen molar-refractivity contribution in [3.63, 3.8) is 0 Å². The van der Waals surface area contributed by atoms with E-state index in [-0.39, 0.29) is 59.6 Å². The first-order chi connectivity index (χ1) is 17.3. The van der Waals surface area contributed by atoms with Gasteiger partial charge in [-0.1, -0.05) is 39.0 Å². The molecule has 2 amide bonds. The maximum atomic E-state index is 12.5. The number of amides is 2. The first-order valence-electron chi connectivity index (χ1n) is 11.2. The molecule has 36 heavy (non-hydrogen) atoms. The Kier molecular flexibility index (Phi) is 6.60. The zero-order chi connectivity index (χ0) is 25.9. The highest BCUT2D eigenvalue weighted by Crippen LogP contribution is 2.51. The molecule has 0 fully saturated rings. The van der Waals surface area contributed by atoms with Crippen molar-refractivity contribution in [2.75, 3.05) is 10.6 Å². The Morgan fingerprint density at radius 1 is 1.33 bits per heavy atom. The van der Waals surface area contributed by atoms with Crippen molar-refractivity contribution in [1.29, 1.82) is 5.26 Å². The molecule has 2 aromatic carbocycles. The van der Waals surface area contributed by atoms with Crippen molar-refractivity contribution in [3.8, 4) is 17.5 Å². The number of rotatable bonds is 7. The molecule has 0 unspecified atom stereocenters. The summed E-state index contributed by atoms with van der Waals surface area (Å²) in [5.74, 6) is -0.248. The molecule has 11 heteroatoms. The minimum absolute atomic E-state index is 0.121. The van der Waals surface area contributed by atoms with Crippen molar-refractivity contribution in [2.45, 2.75) is 39.0 Å². The molecule has 182 valence electrons. The average molecular weight is 486 g/mol. The van der Waals surface area contributed by atoms with E-state index in [2.05, 4.69) is 32.0 Å². The molecule has 0 radical (unpaired) electrons. The van der Waals surface area contributed by atoms with Gasteiger partial charge in [-0.25, -0.2) is 4.68 Å². The zero-order valence-electron chi connectivity index (χ0n) is 19.9. The van der Waals surface area contributed by atoms with Crippen LogP contribution >= 0.6 is 0 Å². The molecule has 3 aromatic rings. The second kappa shape index (κ2) is 9.79. The molecule has 0 spiro atoms. The topological polar surface area (TPSA) is 151 Å². The number of carbonyl (C=O) groups is 3. The van der Waals surface area contributed by atoms with E-state index in [9.17, 15) is 19.6 Å². The van der Waals surface area contributed by atoms with Crippen LogP contribution in [0.25, 0.3) is 5.69 Å². The van der Waals surface area contributed by atoms with Crippen LogP contribution in [-0.4, -0.2) is 28.1 Å². The van der Waals surface area contributed by atoms with Gasteiger partial charge in [0.2, 0.25) is 11.8 Å². The number of nitrogens with zero attached hydrogens (tertiary/aromatic N) is 5. The molecule has 0 saturated carbocycles. The van der Waals surface area contributed by atoms with Gasteiger partial charge in [-0.3, -0.25) is 14.4 Å². The number of para-hydroxylation sites is 1. The number of hydrogen-bond donors (Lipinski definition) is 2. The van der Waals surface area contributed by atoms with Gasteiger partial charge < -0.3 is 15.4 Å². The Hall–Kier alpha value is -4.85. The van der Waals surface area contributed by atoms with Crippen molar-refractivity contribution < 1.29 is 19.1 Å². The second-order valence-corrected chi connectivity index (χ2v) is 8.69. The lowest BCUT2D eigenvalue weighted by atomic mass is 9.76. The normalized spacial score (nSPS) is 14.0. The molecule has 0 bridgehead atoms. The van der Waals surface area contributed by atoms with Crippen molar-refractivity contribution >= 4 is 41.2 Å². The van der Waals surface area contributed by atoms with E-state index in [1.807, 2.05) is 44.2 Å². The SMILES string of the molecule is CCC(=O)Nc1cc(N=Nc2c(C#N)cnn2-c2ccccc2)c2c(c1OC=O)C(C)(C)CC(=O)N2. The second-order valence-electron chi connectivity index (χ2n) is 8.69. The smallest absolute Gasteiger partial charge is 0.298 e. The quantitative estimate of drug-likeness (QED) is 0.367. The van der Waals surface area contributed by atoms with Gasteiger partial charge in [0.1, 0.15) is 17.3 Å². The minimum Gasteiger partial charge on any atom is -0.426 e. The van der Waals surface area contributed by atoms with E-state index in [1.165, 1.54) is 16.9 Å². The number of anilines is 2. The fourth-order valence-corrected chi connectivity index (χ4v) is 4.05. The molecule has 1 aromatic heterocycles. The Balaban J connectivity index is 1.93. The summed E-state index contributed by atoms with van der Waals surface area (Å²) in [5.41, 5.74) is 1.33. The summed E-state index contributed by atoms with van der Waals surface area (Å²) in [5, 5.41) is 28.0. The van der Waals surface area contributed by atoms with E-state index in [1.54, 1.807) is 6.92 Å². The van der Waals surface area contributed by atoms with Crippen LogP contribution in [0.15, 0.2) is 52.8 Å². The molecule has 0 saturated heterocycles. The predicted octanol–water partition coefficient (Wildman–Crippen LogP) is 4.66. The number of azo groups is 1. The molecular formula is C25H23N7O4. The van der Waals surface area contributed by atoms with Crippen LogP contribution in [-0.2, 0) is 19.8 Å². The minimum atomic E-state index is -0.753. The van der Waals surface area contributed by atoms with Crippen LogP contribution in [0.3, 0.4) is 0 Å².